The fourth-order valence-corrected chi connectivity index (χ4v) is 2.64. The Morgan fingerprint density at radius 3 is 2.53 bits per heavy atom. The molecule has 0 aliphatic rings. The molecule has 0 amide bonds. The Bertz CT molecular complexity index is 576. The Kier molecular flexibility index (Phi) is 4.43. The number of halogens is 3. The lowest BCUT2D eigenvalue weighted by Gasteiger charge is -2.15. The number of benzene rings is 1. The highest BCUT2D eigenvalue weighted by molar-refractivity contribution is 7.89. The van der Waals surface area contributed by atoms with Gasteiger partial charge in [-0.15, -0.1) is 0 Å². The van der Waals surface area contributed by atoms with Crippen LogP contribution in [0.2, 0.25) is 0 Å². The zero-order valence-corrected chi connectivity index (χ0v) is 10.8. The van der Waals surface area contributed by atoms with Crippen LogP contribution in [0.5, 0.6) is 0 Å². The highest BCUT2D eigenvalue weighted by Crippen LogP contribution is 2.22. The molecule has 0 radical (unpaired) electrons. The number of hydrogen-bond donors (Lipinski definition) is 3. The first-order valence-corrected chi connectivity index (χ1v) is 6.61. The van der Waals surface area contributed by atoms with Gasteiger partial charge in [0, 0.05) is 11.3 Å². The number of sulfonamides is 1. The van der Waals surface area contributed by atoms with Gasteiger partial charge in [-0.3, -0.25) is 0 Å². The third kappa shape index (κ3) is 3.82. The van der Waals surface area contributed by atoms with Gasteiger partial charge in [0.2, 0.25) is 10.0 Å². The van der Waals surface area contributed by atoms with Gasteiger partial charge in [0.25, 0.3) is 5.92 Å². The molecule has 0 saturated carbocycles. The average molecular weight is 298 g/mol. The molecule has 0 aliphatic carbocycles. The molecule has 1 rings (SSSR count). The van der Waals surface area contributed by atoms with Crippen LogP contribution in [0.3, 0.4) is 0 Å². The minimum Gasteiger partial charge on any atom is -0.399 e. The van der Waals surface area contributed by atoms with E-state index in [0.717, 1.165) is 12.1 Å². The van der Waals surface area contributed by atoms with Gasteiger partial charge in [0.15, 0.2) is 0 Å². The number of rotatable bonds is 5. The lowest BCUT2D eigenvalue weighted by atomic mass is 10.2. The van der Waals surface area contributed by atoms with E-state index in [9.17, 15) is 21.6 Å². The topological polar surface area (TPSA) is 92.4 Å². The van der Waals surface area contributed by atoms with Crippen molar-refractivity contribution < 1.29 is 26.7 Å². The van der Waals surface area contributed by atoms with E-state index in [2.05, 4.69) is 0 Å². The van der Waals surface area contributed by atoms with Crippen LogP contribution in [0.15, 0.2) is 17.0 Å². The first kappa shape index (κ1) is 15.7. The normalized spacial score (nSPS) is 12.7. The van der Waals surface area contributed by atoms with Crippen LogP contribution in [0, 0.1) is 12.7 Å². The zero-order valence-electron chi connectivity index (χ0n) is 9.95. The number of nitrogens with one attached hydrogen (secondary N) is 1. The van der Waals surface area contributed by atoms with E-state index >= 15 is 0 Å². The molecule has 1 aromatic carbocycles. The van der Waals surface area contributed by atoms with Crippen LogP contribution in [-0.2, 0) is 10.0 Å². The molecular formula is C10H13F3N2O3S. The van der Waals surface area contributed by atoms with Gasteiger partial charge >= 0.3 is 0 Å². The molecule has 0 aromatic heterocycles. The molecule has 0 saturated heterocycles. The molecular weight excluding hydrogens is 285 g/mol. The molecule has 0 bridgehead atoms. The molecule has 9 heteroatoms. The van der Waals surface area contributed by atoms with Crippen LogP contribution in [-0.4, -0.2) is 32.6 Å². The van der Waals surface area contributed by atoms with Gasteiger partial charge in [0.1, 0.15) is 12.4 Å². The van der Waals surface area contributed by atoms with Crippen LogP contribution >= 0.6 is 0 Å². The van der Waals surface area contributed by atoms with Crippen LogP contribution in [0.4, 0.5) is 18.9 Å². The molecule has 4 N–H and O–H groups in total. The van der Waals surface area contributed by atoms with E-state index in [0.29, 0.717) is 0 Å². The fraction of sp³-hybridized carbons (Fsp3) is 0.400. The van der Waals surface area contributed by atoms with Crippen molar-refractivity contribution in [2.75, 3.05) is 18.9 Å². The van der Waals surface area contributed by atoms with E-state index in [-0.39, 0.29) is 11.3 Å². The Morgan fingerprint density at radius 2 is 2.00 bits per heavy atom. The summed E-state index contributed by atoms with van der Waals surface area (Å²) in [5.41, 5.74) is 4.94. The lowest BCUT2D eigenvalue weighted by molar-refractivity contribution is -0.0437. The summed E-state index contributed by atoms with van der Waals surface area (Å²) in [7, 11) is -4.34. The Morgan fingerprint density at radius 1 is 1.42 bits per heavy atom. The SMILES string of the molecule is Cc1c(F)cc(N)cc1S(=O)(=O)NCC(F)(F)CO. The molecule has 19 heavy (non-hydrogen) atoms. The van der Waals surface area contributed by atoms with Crippen molar-refractivity contribution in [3.63, 3.8) is 0 Å². The van der Waals surface area contributed by atoms with E-state index < -0.39 is 39.8 Å². The van der Waals surface area contributed by atoms with Gasteiger partial charge in [-0.25, -0.2) is 26.3 Å². The van der Waals surface area contributed by atoms with Gasteiger partial charge in [-0.2, -0.15) is 0 Å². The van der Waals surface area contributed by atoms with E-state index in [4.69, 9.17) is 10.8 Å². The van der Waals surface area contributed by atoms with Crippen LogP contribution in [0.1, 0.15) is 5.56 Å². The fourth-order valence-electron chi connectivity index (χ4n) is 1.29. The van der Waals surface area contributed by atoms with Crippen molar-refractivity contribution in [1.82, 2.24) is 4.72 Å². The summed E-state index contributed by atoms with van der Waals surface area (Å²) < 4.78 is 64.1. The molecule has 0 unspecified atom stereocenters. The second-order valence-electron chi connectivity index (χ2n) is 3.96. The van der Waals surface area contributed by atoms with E-state index in [1.54, 1.807) is 4.72 Å². The summed E-state index contributed by atoms with van der Waals surface area (Å²) >= 11 is 0. The smallest absolute Gasteiger partial charge is 0.283 e. The van der Waals surface area contributed by atoms with E-state index in [1.165, 1.54) is 6.92 Å². The maximum atomic E-state index is 13.4. The monoisotopic (exact) mass is 298 g/mol. The minimum atomic E-state index is -4.34. The Hall–Kier alpha value is -1.32. The first-order chi connectivity index (χ1) is 8.59. The summed E-state index contributed by atoms with van der Waals surface area (Å²) in [5.74, 6) is -4.45. The second-order valence-corrected chi connectivity index (χ2v) is 5.70. The molecule has 0 atom stereocenters. The molecule has 0 spiro atoms. The number of nitrogen functional groups attached to an aromatic ring is 1. The van der Waals surface area contributed by atoms with Gasteiger partial charge in [0.05, 0.1) is 11.4 Å². The van der Waals surface area contributed by atoms with Gasteiger partial charge in [-0.05, 0) is 19.1 Å². The highest BCUT2D eigenvalue weighted by atomic mass is 32.2. The summed E-state index contributed by atoms with van der Waals surface area (Å²) in [6, 6.07) is 1.90. The highest BCUT2D eigenvalue weighted by Gasteiger charge is 2.31. The number of nitrogens with two attached hydrogens (primary N) is 1. The third-order valence-electron chi connectivity index (χ3n) is 2.36. The maximum absolute atomic E-state index is 13.4. The number of alkyl halides is 2. The lowest BCUT2D eigenvalue weighted by Crippen LogP contribution is -2.39. The molecule has 0 aliphatic heterocycles. The van der Waals surface area contributed by atoms with Crippen molar-refractivity contribution in [3.8, 4) is 0 Å². The average Bonchev–Trinajstić information content (AvgIpc) is 2.31. The summed E-state index contributed by atoms with van der Waals surface area (Å²) in [5, 5.41) is 8.34. The predicted molar refractivity (Wildman–Crippen MR) is 62.8 cm³/mol. The number of aliphatic hydroxyl groups is 1. The van der Waals surface area contributed by atoms with Crippen molar-refractivity contribution in [2.24, 2.45) is 0 Å². The number of aliphatic hydroxyl groups excluding tert-OH is 1. The summed E-state index contributed by atoms with van der Waals surface area (Å²) in [4.78, 5) is -0.515. The van der Waals surface area contributed by atoms with Crippen molar-refractivity contribution in [2.45, 2.75) is 17.7 Å². The summed E-state index contributed by atoms with van der Waals surface area (Å²) in [6.45, 7) is -1.60. The molecule has 108 valence electrons. The number of hydrogen-bond acceptors (Lipinski definition) is 4. The zero-order chi connectivity index (χ0) is 14.8. The third-order valence-corrected chi connectivity index (χ3v) is 3.89. The predicted octanol–water partition coefficient (Wildman–Crippen LogP) is 0.622. The van der Waals surface area contributed by atoms with Crippen LogP contribution < -0.4 is 10.5 Å². The standard InChI is InChI=1S/C10H13F3N2O3S/c1-6-8(11)2-7(14)3-9(6)19(17,18)15-4-10(12,13)5-16/h2-3,15-16H,4-5,14H2,1H3. The van der Waals surface area contributed by atoms with Crippen molar-refractivity contribution in [1.29, 1.82) is 0 Å². The molecule has 0 fully saturated rings. The second kappa shape index (κ2) is 5.35. The van der Waals surface area contributed by atoms with Gasteiger partial charge < -0.3 is 10.8 Å². The maximum Gasteiger partial charge on any atom is 0.283 e. The molecule has 0 heterocycles. The largest absolute Gasteiger partial charge is 0.399 e. The van der Waals surface area contributed by atoms with Crippen molar-refractivity contribution in [3.05, 3.63) is 23.5 Å². The Balaban J connectivity index is 3.08. The minimum absolute atomic E-state index is 0.141. The molecule has 1 aromatic rings. The van der Waals surface area contributed by atoms with Crippen molar-refractivity contribution >= 4 is 15.7 Å². The number of anilines is 1. The summed E-state index contributed by atoms with van der Waals surface area (Å²) in [6.07, 6.45) is 0. The van der Waals surface area contributed by atoms with E-state index in [1.807, 2.05) is 0 Å². The molecule has 5 nitrogen and oxygen atoms in total. The Labute approximate surface area is 108 Å². The first-order valence-electron chi connectivity index (χ1n) is 5.13. The van der Waals surface area contributed by atoms with Crippen LogP contribution in [0.25, 0.3) is 0 Å². The van der Waals surface area contributed by atoms with Gasteiger partial charge in [-0.1, -0.05) is 0 Å². The quantitative estimate of drug-likeness (QED) is 0.695.